The van der Waals surface area contributed by atoms with Crippen molar-refractivity contribution in [2.24, 2.45) is 0 Å². The maximum absolute atomic E-state index is 14.0. The molecular weight excluding hydrogens is 380 g/mol. The molecule has 2 nitrogen and oxygen atoms in total. The third-order valence-electron chi connectivity index (χ3n) is 3.81. The molecule has 0 N–H and O–H groups in total. The van der Waals surface area contributed by atoms with E-state index in [9.17, 15) is 17.6 Å². The van der Waals surface area contributed by atoms with E-state index in [0.29, 0.717) is 12.8 Å². The number of methoxy groups -OCH3 is 1. The molecule has 0 heterocycles. The number of rotatable bonds is 3. The summed E-state index contributed by atoms with van der Waals surface area (Å²) in [4.78, 5) is 0. The Bertz CT molecular complexity index is 750. The van der Waals surface area contributed by atoms with E-state index in [1.165, 1.54) is 0 Å². The monoisotopic (exact) mass is 390 g/mol. The smallest absolute Gasteiger partial charge is 0.207 e. The first-order valence-electron chi connectivity index (χ1n) is 6.79. The van der Waals surface area contributed by atoms with E-state index >= 15 is 0 Å². The molecule has 23 heavy (non-hydrogen) atoms. The predicted octanol–water partition coefficient (Wildman–Crippen LogP) is 5.08. The van der Waals surface area contributed by atoms with Crippen molar-refractivity contribution >= 4 is 15.9 Å². The summed E-state index contributed by atoms with van der Waals surface area (Å²) >= 11 is 3.39. The van der Waals surface area contributed by atoms with Crippen molar-refractivity contribution in [2.45, 2.75) is 18.9 Å². The lowest BCUT2D eigenvalue weighted by atomic mass is 10.1. The second-order valence-corrected chi connectivity index (χ2v) is 5.93. The summed E-state index contributed by atoms with van der Waals surface area (Å²) in [5, 5.41) is 0. The molecule has 0 spiro atoms. The minimum absolute atomic E-state index is 0.450. The Morgan fingerprint density at radius 2 is 1.61 bits per heavy atom. The summed E-state index contributed by atoms with van der Waals surface area (Å²) < 4.78 is 66.0. The zero-order valence-corrected chi connectivity index (χ0v) is 13.5. The molecule has 2 aromatic rings. The Morgan fingerprint density at radius 1 is 1.00 bits per heavy atom. The van der Waals surface area contributed by atoms with Gasteiger partial charge in [-0.1, -0.05) is 28.1 Å². The van der Waals surface area contributed by atoms with Gasteiger partial charge in [-0.05, 0) is 30.0 Å². The van der Waals surface area contributed by atoms with E-state index in [2.05, 4.69) is 20.7 Å². The molecule has 7 heteroatoms. The fourth-order valence-corrected chi connectivity index (χ4v) is 3.29. The van der Waals surface area contributed by atoms with Gasteiger partial charge in [0.25, 0.3) is 0 Å². The lowest BCUT2D eigenvalue weighted by Gasteiger charge is -2.17. The molecule has 0 aliphatic heterocycles. The van der Waals surface area contributed by atoms with Crippen LogP contribution in [0.3, 0.4) is 0 Å². The number of halogens is 5. The molecule has 0 saturated heterocycles. The summed E-state index contributed by atoms with van der Waals surface area (Å²) in [5.41, 5.74) is 1.68. The molecule has 0 fully saturated rings. The quantitative estimate of drug-likeness (QED) is 0.537. The molecule has 2 aromatic carbocycles. The maximum atomic E-state index is 14.0. The van der Waals surface area contributed by atoms with Gasteiger partial charge in [0.05, 0.1) is 7.11 Å². The second-order valence-electron chi connectivity index (χ2n) is 5.07. The topological polar surface area (TPSA) is 18.5 Å². The van der Waals surface area contributed by atoms with Crippen molar-refractivity contribution in [1.29, 1.82) is 0 Å². The lowest BCUT2D eigenvalue weighted by Crippen LogP contribution is -2.10. The SMILES string of the molecule is COc1c(F)c(F)c(OC2CCc3c(Br)cccc32)c(F)c1F. The van der Waals surface area contributed by atoms with E-state index < -0.39 is 40.9 Å². The van der Waals surface area contributed by atoms with Crippen LogP contribution >= 0.6 is 15.9 Å². The highest BCUT2D eigenvalue weighted by atomic mass is 79.9. The summed E-state index contributed by atoms with van der Waals surface area (Å²) in [6.45, 7) is 0. The summed E-state index contributed by atoms with van der Waals surface area (Å²) in [7, 11) is 0.922. The van der Waals surface area contributed by atoms with Crippen LogP contribution in [0.4, 0.5) is 17.6 Å². The summed E-state index contributed by atoms with van der Waals surface area (Å²) in [5.74, 6) is -8.63. The Hall–Kier alpha value is -1.76. The fraction of sp³-hybridized carbons (Fsp3) is 0.250. The van der Waals surface area contributed by atoms with Gasteiger partial charge in [-0.25, -0.2) is 0 Å². The average Bonchev–Trinajstić information content (AvgIpc) is 2.95. The molecule has 1 aliphatic carbocycles. The van der Waals surface area contributed by atoms with E-state index in [1.54, 1.807) is 12.1 Å². The molecule has 3 rings (SSSR count). The van der Waals surface area contributed by atoms with Crippen molar-refractivity contribution in [3.05, 3.63) is 57.1 Å². The maximum Gasteiger partial charge on any atom is 0.207 e. The van der Waals surface area contributed by atoms with E-state index in [1.807, 2.05) is 6.07 Å². The normalized spacial score (nSPS) is 16.3. The first kappa shape index (κ1) is 16.1. The van der Waals surface area contributed by atoms with Gasteiger partial charge in [-0.15, -0.1) is 0 Å². The molecule has 0 saturated carbocycles. The van der Waals surface area contributed by atoms with Crippen LogP contribution in [0.2, 0.25) is 0 Å². The molecule has 1 unspecified atom stereocenters. The molecule has 1 atom stereocenters. The minimum Gasteiger partial charge on any atom is -0.491 e. The summed E-state index contributed by atoms with van der Waals surface area (Å²) in [6, 6.07) is 5.35. The van der Waals surface area contributed by atoms with Crippen LogP contribution in [-0.4, -0.2) is 7.11 Å². The Labute approximate surface area is 138 Å². The number of hydrogen-bond acceptors (Lipinski definition) is 2. The van der Waals surface area contributed by atoms with E-state index in [-0.39, 0.29) is 0 Å². The van der Waals surface area contributed by atoms with Crippen LogP contribution in [0.1, 0.15) is 23.7 Å². The van der Waals surface area contributed by atoms with E-state index in [0.717, 1.165) is 22.7 Å². The second kappa shape index (κ2) is 6.03. The van der Waals surface area contributed by atoms with Crippen LogP contribution < -0.4 is 9.47 Å². The third-order valence-corrected chi connectivity index (χ3v) is 4.55. The summed E-state index contributed by atoms with van der Waals surface area (Å²) in [6.07, 6.45) is 0.399. The average molecular weight is 391 g/mol. The van der Waals surface area contributed by atoms with E-state index in [4.69, 9.17) is 4.74 Å². The third kappa shape index (κ3) is 2.56. The van der Waals surface area contributed by atoms with Crippen LogP contribution in [-0.2, 0) is 6.42 Å². The van der Waals surface area contributed by atoms with Gasteiger partial charge in [0.2, 0.25) is 23.3 Å². The predicted molar refractivity (Wildman–Crippen MR) is 78.7 cm³/mol. The minimum atomic E-state index is -1.62. The number of ether oxygens (including phenoxy) is 2. The van der Waals surface area contributed by atoms with Gasteiger partial charge in [-0.3, -0.25) is 0 Å². The van der Waals surface area contributed by atoms with Crippen LogP contribution in [0.25, 0.3) is 0 Å². The molecule has 1 aliphatic rings. The molecular formula is C16H11BrF4O2. The molecule has 0 aromatic heterocycles. The highest BCUT2D eigenvalue weighted by molar-refractivity contribution is 9.10. The van der Waals surface area contributed by atoms with Crippen LogP contribution in [0, 0.1) is 23.3 Å². The van der Waals surface area contributed by atoms with Gasteiger partial charge in [0, 0.05) is 4.47 Å². The zero-order chi connectivity index (χ0) is 16.7. The van der Waals surface area contributed by atoms with Crippen molar-refractivity contribution < 1.29 is 27.0 Å². The zero-order valence-electron chi connectivity index (χ0n) is 11.9. The van der Waals surface area contributed by atoms with Crippen molar-refractivity contribution in [1.82, 2.24) is 0 Å². The van der Waals surface area contributed by atoms with Gasteiger partial charge in [-0.2, -0.15) is 17.6 Å². The Balaban J connectivity index is 2.02. The van der Waals surface area contributed by atoms with Crippen molar-refractivity contribution in [2.75, 3.05) is 7.11 Å². The van der Waals surface area contributed by atoms with Gasteiger partial charge >= 0.3 is 0 Å². The Kier molecular flexibility index (Phi) is 4.23. The van der Waals surface area contributed by atoms with Crippen LogP contribution in [0.15, 0.2) is 22.7 Å². The fourth-order valence-electron chi connectivity index (χ4n) is 2.71. The Morgan fingerprint density at radius 3 is 2.22 bits per heavy atom. The van der Waals surface area contributed by atoms with Crippen molar-refractivity contribution in [3.8, 4) is 11.5 Å². The van der Waals surface area contributed by atoms with Gasteiger partial charge in [0.15, 0.2) is 11.5 Å². The number of benzene rings is 2. The standard InChI is InChI=1S/C16H11BrF4O2/c1-22-15-11(18)13(20)16(14(21)12(15)19)23-10-6-5-7-8(10)3-2-4-9(7)17/h2-4,10H,5-6H2,1H3. The van der Waals surface area contributed by atoms with Gasteiger partial charge in [0.1, 0.15) is 6.10 Å². The molecule has 122 valence electrons. The molecule has 0 bridgehead atoms. The molecule has 0 radical (unpaired) electrons. The van der Waals surface area contributed by atoms with Crippen LogP contribution in [0.5, 0.6) is 11.5 Å². The first-order valence-corrected chi connectivity index (χ1v) is 7.58. The largest absolute Gasteiger partial charge is 0.491 e. The first-order chi connectivity index (χ1) is 11.0. The number of fused-ring (bicyclic) bond motifs is 1. The van der Waals surface area contributed by atoms with Gasteiger partial charge < -0.3 is 9.47 Å². The lowest BCUT2D eigenvalue weighted by molar-refractivity contribution is 0.180. The highest BCUT2D eigenvalue weighted by Crippen LogP contribution is 2.41. The van der Waals surface area contributed by atoms with Crippen molar-refractivity contribution in [3.63, 3.8) is 0 Å². The number of hydrogen-bond donors (Lipinski definition) is 0. The highest BCUT2D eigenvalue weighted by Gasteiger charge is 2.32. The molecule has 0 amide bonds.